The van der Waals surface area contributed by atoms with E-state index in [0.29, 0.717) is 23.5 Å². The molecule has 0 bridgehead atoms. The van der Waals surface area contributed by atoms with Gasteiger partial charge in [-0.15, -0.1) is 0 Å². The molecule has 0 aliphatic heterocycles. The molecule has 1 heterocycles. The second-order valence-electron chi connectivity index (χ2n) is 7.31. The number of aryl methyl sites for hydroxylation is 1. The number of nitrogens with zero attached hydrogens (tertiary/aromatic N) is 1. The number of hydrogen-bond donors (Lipinski definition) is 1. The highest BCUT2D eigenvalue weighted by Crippen LogP contribution is 2.22. The van der Waals surface area contributed by atoms with Gasteiger partial charge in [0.05, 0.1) is 5.56 Å². The Morgan fingerprint density at radius 3 is 2.24 bits per heavy atom. The zero-order chi connectivity index (χ0) is 23.0. The highest BCUT2D eigenvalue weighted by Gasteiger charge is 2.26. The Balaban J connectivity index is 1.44. The van der Waals surface area contributed by atoms with Crippen LogP contribution in [-0.4, -0.2) is 17.0 Å². The summed E-state index contributed by atoms with van der Waals surface area (Å²) in [7, 11) is 0. The first kappa shape index (κ1) is 21.8. The van der Waals surface area contributed by atoms with Crippen molar-refractivity contribution in [2.24, 2.45) is 0 Å². The van der Waals surface area contributed by atoms with Crippen LogP contribution in [-0.2, 0) is 16.1 Å². The summed E-state index contributed by atoms with van der Waals surface area (Å²) >= 11 is 0. The maximum atomic E-state index is 12.9. The van der Waals surface area contributed by atoms with E-state index in [0.717, 1.165) is 11.3 Å². The third-order valence-electron chi connectivity index (χ3n) is 4.78. The molecule has 0 spiro atoms. The van der Waals surface area contributed by atoms with Crippen molar-refractivity contribution in [1.29, 1.82) is 0 Å². The Hall–Kier alpha value is -4.39. The maximum Gasteiger partial charge on any atom is 0.339 e. The van der Waals surface area contributed by atoms with Crippen LogP contribution in [0.5, 0.6) is 5.75 Å². The Labute approximate surface area is 190 Å². The molecular formula is C26H22N2O5. The van der Waals surface area contributed by atoms with Gasteiger partial charge in [0.1, 0.15) is 18.1 Å². The summed E-state index contributed by atoms with van der Waals surface area (Å²) in [5, 5.41) is 6.38. The van der Waals surface area contributed by atoms with E-state index in [2.05, 4.69) is 10.5 Å². The molecule has 0 fully saturated rings. The third kappa shape index (κ3) is 5.86. The average Bonchev–Trinajstić information content (AvgIpc) is 3.26. The number of hydrogen-bond acceptors (Lipinski definition) is 6. The number of rotatable bonds is 8. The van der Waals surface area contributed by atoms with Crippen molar-refractivity contribution in [3.63, 3.8) is 0 Å². The number of ether oxygens (including phenoxy) is 2. The first-order valence-electron chi connectivity index (χ1n) is 10.4. The number of carbonyl (C=O) groups is 2. The summed E-state index contributed by atoms with van der Waals surface area (Å²) in [4.78, 5) is 25.7. The van der Waals surface area contributed by atoms with E-state index >= 15 is 0 Å². The van der Waals surface area contributed by atoms with Crippen LogP contribution in [0.2, 0.25) is 0 Å². The Morgan fingerprint density at radius 1 is 0.939 bits per heavy atom. The number of amides is 1. The zero-order valence-corrected chi connectivity index (χ0v) is 17.9. The highest BCUT2D eigenvalue weighted by atomic mass is 16.5. The number of esters is 1. The second-order valence-corrected chi connectivity index (χ2v) is 7.31. The van der Waals surface area contributed by atoms with Gasteiger partial charge in [-0.05, 0) is 36.8 Å². The third-order valence-corrected chi connectivity index (χ3v) is 4.78. The van der Waals surface area contributed by atoms with Crippen LogP contribution in [0.3, 0.4) is 0 Å². The number of anilines is 1. The first-order chi connectivity index (χ1) is 16.1. The van der Waals surface area contributed by atoms with E-state index in [1.807, 2.05) is 36.4 Å². The van der Waals surface area contributed by atoms with Gasteiger partial charge in [-0.3, -0.25) is 4.79 Å². The average molecular weight is 442 g/mol. The van der Waals surface area contributed by atoms with Gasteiger partial charge in [0.25, 0.3) is 5.91 Å². The molecule has 4 aromatic rings. The van der Waals surface area contributed by atoms with E-state index < -0.39 is 18.0 Å². The summed E-state index contributed by atoms with van der Waals surface area (Å²) in [6, 6.07) is 26.7. The van der Waals surface area contributed by atoms with Crippen LogP contribution in [0.15, 0.2) is 95.5 Å². The largest absolute Gasteiger partial charge is 0.489 e. The smallest absolute Gasteiger partial charge is 0.339 e. The van der Waals surface area contributed by atoms with Crippen LogP contribution in [0.25, 0.3) is 0 Å². The lowest BCUT2D eigenvalue weighted by Gasteiger charge is -2.17. The fourth-order valence-electron chi connectivity index (χ4n) is 3.11. The zero-order valence-electron chi connectivity index (χ0n) is 17.9. The monoisotopic (exact) mass is 442 g/mol. The molecule has 7 nitrogen and oxygen atoms in total. The predicted octanol–water partition coefficient (Wildman–Crippen LogP) is 5.10. The molecule has 0 aliphatic carbocycles. The molecule has 0 radical (unpaired) electrons. The van der Waals surface area contributed by atoms with Gasteiger partial charge in [0.2, 0.25) is 6.10 Å². The number of benzene rings is 3. The van der Waals surface area contributed by atoms with Crippen LogP contribution in [0.1, 0.15) is 33.3 Å². The Morgan fingerprint density at radius 2 is 1.61 bits per heavy atom. The lowest BCUT2D eigenvalue weighted by molar-refractivity contribution is -0.125. The molecule has 33 heavy (non-hydrogen) atoms. The van der Waals surface area contributed by atoms with Gasteiger partial charge in [-0.2, -0.15) is 0 Å². The summed E-state index contributed by atoms with van der Waals surface area (Å²) in [5.41, 5.74) is 1.76. The predicted molar refractivity (Wildman–Crippen MR) is 122 cm³/mol. The normalized spacial score (nSPS) is 11.4. The van der Waals surface area contributed by atoms with Crippen molar-refractivity contribution in [2.75, 3.05) is 5.32 Å². The molecule has 3 aromatic carbocycles. The fraction of sp³-hybridized carbons (Fsp3) is 0.115. The van der Waals surface area contributed by atoms with Crippen LogP contribution in [0, 0.1) is 6.92 Å². The van der Waals surface area contributed by atoms with Crippen LogP contribution in [0.4, 0.5) is 5.82 Å². The quantitative estimate of drug-likeness (QED) is 0.382. The molecule has 4 rings (SSSR count). The molecule has 1 N–H and O–H groups in total. The molecule has 0 aliphatic rings. The van der Waals surface area contributed by atoms with Crippen molar-refractivity contribution in [1.82, 2.24) is 5.16 Å². The molecule has 1 aromatic heterocycles. The van der Waals surface area contributed by atoms with E-state index in [1.165, 1.54) is 0 Å². The maximum absolute atomic E-state index is 12.9. The molecule has 7 heteroatoms. The summed E-state index contributed by atoms with van der Waals surface area (Å²) in [6.45, 7) is 2.08. The summed E-state index contributed by atoms with van der Waals surface area (Å²) in [5.74, 6) is 0.411. The van der Waals surface area contributed by atoms with Crippen LogP contribution >= 0.6 is 0 Å². The molecule has 1 amide bonds. The first-order valence-corrected chi connectivity index (χ1v) is 10.4. The van der Waals surface area contributed by atoms with Crippen molar-refractivity contribution >= 4 is 17.7 Å². The molecule has 1 unspecified atom stereocenters. The number of aromatic nitrogens is 1. The van der Waals surface area contributed by atoms with E-state index in [1.54, 1.807) is 61.5 Å². The van der Waals surface area contributed by atoms with E-state index in [4.69, 9.17) is 14.0 Å². The topological polar surface area (TPSA) is 90.7 Å². The highest BCUT2D eigenvalue weighted by molar-refractivity contribution is 5.97. The van der Waals surface area contributed by atoms with Gasteiger partial charge < -0.3 is 19.3 Å². The number of para-hydroxylation sites is 1. The SMILES string of the molecule is Cc1cc(NC(=O)C(OC(=O)c2ccc(COc3ccccc3)cc2)c2ccccc2)no1. The van der Waals surface area contributed by atoms with Gasteiger partial charge in [0.15, 0.2) is 5.82 Å². The summed E-state index contributed by atoms with van der Waals surface area (Å²) < 4.78 is 16.3. The Kier molecular flexibility index (Phi) is 6.80. The summed E-state index contributed by atoms with van der Waals surface area (Å²) in [6.07, 6.45) is -1.16. The number of carbonyl (C=O) groups excluding carboxylic acids is 2. The minimum atomic E-state index is -1.16. The van der Waals surface area contributed by atoms with Crippen molar-refractivity contribution in [2.45, 2.75) is 19.6 Å². The lowest BCUT2D eigenvalue weighted by atomic mass is 10.1. The number of nitrogens with one attached hydrogen (secondary N) is 1. The molecule has 0 saturated heterocycles. The van der Waals surface area contributed by atoms with Crippen LogP contribution < -0.4 is 10.1 Å². The standard InChI is InChI=1S/C26H22N2O5/c1-18-16-23(28-33-18)27-25(29)24(20-8-4-2-5-9-20)32-26(30)21-14-12-19(13-15-21)17-31-22-10-6-3-7-11-22/h2-16,24H,17H2,1H3,(H,27,28,29). The van der Waals surface area contributed by atoms with E-state index in [-0.39, 0.29) is 5.82 Å². The molecule has 0 saturated carbocycles. The molecular weight excluding hydrogens is 420 g/mol. The van der Waals surface area contributed by atoms with Gasteiger partial charge in [-0.1, -0.05) is 65.8 Å². The molecule has 1 atom stereocenters. The minimum Gasteiger partial charge on any atom is -0.489 e. The van der Waals surface area contributed by atoms with Crippen molar-refractivity contribution in [3.05, 3.63) is 113 Å². The van der Waals surface area contributed by atoms with Crippen molar-refractivity contribution in [3.8, 4) is 5.75 Å². The second kappa shape index (κ2) is 10.3. The van der Waals surface area contributed by atoms with Gasteiger partial charge in [0, 0.05) is 11.6 Å². The Bertz CT molecular complexity index is 1200. The molecule has 166 valence electrons. The van der Waals surface area contributed by atoms with Crippen molar-refractivity contribution < 1.29 is 23.6 Å². The fourth-order valence-corrected chi connectivity index (χ4v) is 3.11. The van der Waals surface area contributed by atoms with Gasteiger partial charge >= 0.3 is 5.97 Å². The van der Waals surface area contributed by atoms with E-state index in [9.17, 15) is 9.59 Å². The lowest BCUT2D eigenvalue weighted by Crippen LogP contribution is -2.26. The van der Waals surface area contributed by atoms with Gasteiger partial charge in [-0.25, -0.2) is 4.79 Å². The minimum absolute atomic E-state index is 0.247.